The number of para-hydroxylation sites is 1. The molecule has 156 valence electrons. The van der Waals surface area contributed by atoms with Crippen molar-refractivity contribution in [3.63, 3.8) is 0 Å². The number of H-pyrrole nitrogens is 1. The van der Waals surface area contributed by atoms with Gasteiger partial charge in [0.05, 0.1) is 34.8 Å². The first-order valence-corrected chi connectivity index (χ1v) is 12.4. The molecule has 0 spiro atoms. The van der Waals surface area contributed by atoms with Gasteiger partial charge in [0, 0.05) is 33.8 Å². The molecule has 0 unspecified atom stereocenters. The summed E-state index contributed by atoms with van der Waals surface area (Å²) in [5, 5.41) is 0. The predicted octanol–water partition coefficient (Wildman–Crippen LogP) is 7.14. The Bertz CT molecular complexity index is 1180. The van der Waals surface area contributed by atoms with Crippen LogP contribution in [0.4, 0.5) is 11.4 Å². The second-order valence-electron chi connectivity index (χ2n) is 7.31. The second-order valence-corrected chi connectivity index (χ2v) is 10.1. The SMILES string of the molecule is Brc1cc2c(cc1Br)N(Cc1cnc[nH]1)CCN(c1ccccc1-c1ccccc1)S2. The lowest BCUT2D eigenvalue weighted by molar-refractivity contribution is 0.779. The summed E-state index contributed by atoms with van der Waals surface area (Å²) in [5.74, 6) is 0. The second kappa shape index (κ2) is 9.10. The van der Waals surface area contributed by atoms with Gasteiger partial charge in [-0.15, -0.1) is 0 Å². The van der Waals surface area contributed by atoms with Crippen molar-refractivity contribution in [2.24, 2.45) is 0 Å². The number of rotatable bonds is 4. The minimum atomic E-state index is 0.788. The van der Waals surface area contributed by atoms with E-state index in [9.17, 15) is 0 Å². The van der Waals surface area contributed by atoms with E-state index in [1.54, 1.807) is 18.3 Å². The van der Waals surface area contributed by atoms with E-state index in [0.29, 0.717) is 0 Å². The van der Waals surface area contributed by atoms with Gasteiger partial charge in [0.2, 0.25) is 0 Å². The number of aromatic nitrogens is 2. The molecule has 1 aliphatic rings. The lowest BCUT2D eigenvalue weighted by atomic mass is 10.0. The normalized spacial score (nSPS) is 13.7. The van der Waals surface area contributed by atoms with E-state index in [1.807, 2.05) is 6.20 Å². The van der Waals surface area contributed by atoms with Gasteiger partial charge in [0.1, 0.15) is 0 Å². The molecule has 4 nitrogen and oxygen atoms in total. The molecular weight excluding hydrogens is 536 g/mol. The first-order valence-electron chi connectivity index (χ1n) is 10.0. The van der Waals surface area contributed by atoms with E-state index in [1.165, 1.54) is 27.4 Å². The maximum Gasteiger partial charge on any atom is 0.0922 e. The topological polar surface area (TPSA) is 35.2 Å². The monoisotopic (exact) mass is 554 g/mol. The van der Waals surface area contributed by atoms with Gasteiger partial charge in [0.25, 0.3) is 0 Å². The number of halogens is 2. The molecule has 1 N–H and O–H groups in total. The van der Waals surface area contributed by atoms with Crippen LogP contribution in [0, 0.1) is 0 Å². The highest BCUT2D eigenvalue weighted by Gasteiger charge is 2.24. The number of nitrogens with zero attached hydrogens (tertiary/aromatic N) is 3. The standard InChI is InChI=1S/C24H20Br2N4S/c25-20-12-23-24(13-21(20)26)31-30(11-10-29(23)15-18-14-27-16-28-18)22-9-5-4-8-19(22)17-6-2-1-3-7-17/h1-9,12-14,16H,10-11,15H2,(H,27,28). The van der Waals surface area contributed by atoms with Crippen molar-refractivity contribution >= 4 is 55.2 Å². The molecule has 0 bridgehead atoms. The first-order chi connectivity index (χ1) is 15.2. The highest BCUT2D eigenvalue weighted by atomic mass is 79.9. The van der Waals surface area contributed by atoms with E-state index >= 15 is 0 Å². The Balaban J connectivity index is 1.55. The smallest absolute Gasteiger partial charge is 0.0922 e. The summed E-state index contributed by atoms with van der Waals surface area (Å²) in [7, 11) is 0. The molecule has 0 fully saturated rings. The molecule has 1 aliphatic heterocycles. The molecule has 0 saturated carbocycles. The summed E-state index contributed by atoms with van der Waals surface area (Å²) in [6, 6.07) is 23.7. The van der Waals surface area contributed by atoms with Crippen LogP contribution in [0.3, 0.4) is 0 Å². The van der Waals surface area contributed by atoms with Gasteiger partial charge >= 0.3 is 0 Å². The highest BCUT2D eigenvalue weighted by molar-refractivity contribution is 9.13. The highest BCUT2D eigenvalue weighted by Crippen LogP contribution is 2.44. The molecule has 0 aliphatic carbocycles. The summed E-state index contributed by atoms with van der Waals surface area (Å²) < 4.78 is 4.52. The van der Waals surface area contributed by atoms with E-state index in [-0.39, 0.29) is 0 Å². The quantitative estimate of drug-likeness (QED) is 0.271. The van der Waals surface area contributed by atoms with Crippen molar-refractivity contribution in [3.8, 4) is 11.1 Å². The number of fused-ring (bicyclic) bond motifs is 1. The van der Waals surface area contributed by atoms with Crippen LogP contribution < -0.4 is 9.21 Å². The van der Waals surface area contributed by atoms with Crippen LogP contribution in [0.25, 0.3) is 11.1 Å². The molecule has 0 radical (unpaired) electrons. The Morgan fingerprint density at radius 2 is 1.68 bits per heavy atom. The summed E-state index contributed by atoms with van der Waals surface area (Å²) in [6.07, 6.45) is 3.64. The average molecular weight is 556 g/mol. The van der Waals surface area contributed by atoms with Crippen molar-refractivity contribution < 1.29 is 0 Å². The lowest BCUT2D eigenvalue weighted by Crippen LogP contribution is -2.30. The number of hydrogen-bond donors (Lipinski definition) is 1. The zero-order chi connectivity index (χ0) is 21.2. The van der Waals surface area contributed by atoms with Gasteiger partial charge in [-0.3, -0.25) is 0 Å². The van der Waals surface area contributed by atoms with Crippen LogP contribution in [0.5, 0.6) is 0 Å². The van der Waals surface area contributed by atoms with Gasteiger partial charge in [-0.05, 0) is 67.6 Å². The summed E-state index contributed by atoms with van der Waals surface area (Å²) >= 11 is 9.18. The first kappa shape index (κ1) is 20.7. The number of anilines is 2. The molecule has 5 rings (SSSR count). The van der Waals surface area contributed by atoms with Crippen LogP contribution >= 0.6 is 43.8 Å². The average Bonchev–Trinajstić information content (AvgIpc) is 3.25. The summed E-state index contributed by atoms with van der Waals surface area (Å²) in [4.78, 5) is 11.1. The van der Waals surface area contributed by atoms with Crippen LogP contribution in [-0.4, -0.2) is 23.1 Å². The van der Waals surface area contributed by atoms with Crippen molar-refractivity contribution in [1.82, 2.24) is 9.97 Å². The Labute approximate surface area is 203 Å². The van der Waals surface area contributed by atoms with Crippen LogP contribution in [0.1, 0.15) is 5.69 Å². The van der Waals surface area contributed by atoms with Crippen molar-refractivity contribution in [2.45, 2.75) is 11.4 Å². The van der Waals surface area contributed by atoms with E-state index in [4.69, 9.17) is 0 Å². The number of benzene rings is 3. The van der Waals surface area contributed by atoms with Crippen LogP contribution in [0.2, 0.25) is 0 Å². The molecule has 31 heavy (non-hydrogen) atoms. The molecule has 7 heteroatoms. The minimum Gasteiger partial charge on any atom is -0.363 e. The molecule has 0 saturated heterocycles. The Morgan fingerprint density at radius 1 is 0.903 bits per heavy atom. The van der Waals surface area contributed by atoms with Crippen LogP contribution in [0.15, 0.2) is 93.1 Å². The molecular formula is C24H20Br2N4S. The predicted molar refractivity (Wildman–Crippen MR) is 137 cm³/mol. The number of hydrogen-bond acceptors (Lipinski definition) is 4. The van der Waals surface area contributed by atoms with Crippen molar-refractivity contribution in [2.75, 3.05) is 22.3 Å². The molecule has 0 atom stereocenters. The summed E-state index contributed by atoms with van der Waals surface area (Å²) in [5.41, 5.74) is 6.03. The molecule has 1 aromatic heterocycles. The third-order valence-electron chi connectivity index (χ3n) is 5.30. The third-order valence-corrected chi connectivity index (χ3v) is 8.27. The molecule has 2 heterocycles. The zero-order valence-electron chi connectivity index (χ0n) is 16.6. The van der Waals surface area contributed by atoms with Crippen molar-refractivity contribution in [3.05, 3.63) is 93.9 Å². The van der Waals surface area contributed by atoms with Gasteiger partial charge < -0.3 is 14.2 Å². The number of imidazole rings is 1. The Kier molecular flexibility index (Phi) is 6.07. The fourth-order valence-electron chi connectivity index (χ4n) is 3.80. The van der Waals surface area contributed by atoms with E-state index in [2.05, 4.69) is 118 Å². The van der Waals surface area contributed by atoms with Gasteiger partial charge in [-0.25, -0.2) is 4.98 Å². The summed E-state index contributed by atoms with van der Waals surface area (Å²) in [6.45, 7) is 2.58. The van der Waals surface area contributed by atoms with E-state index in [0.717, 1.165) is 34.3 Å². The zero-order valence-corrected chi connectivity index (χ0v) is 20.6. The molecule has 0 amide bonds. The number of aromatic amines is 1. The largest absolute Gasteiger partial charge is 0.363 e. The number of nitrogens with one attached hydrogen (secondary N) is 1. The minimum absolute atomic E-state index is 0.788. The third kappa shape index (κ3) is 4.40. The van der Waals surface area contributed by atoms with Crippen LogP contribution in [-0.2, 0) is 6.54 Å². The fourth-order valence-corrected chi connectivity index (χ4v) is 5.74. The maximum absolute atomic E-state index is 4.19. The molecule has 3 aromatic carbocycles. The van der Waals surface area contributed by atoms with Gasteiger partial charge in [0.15, 0.2) is 0 Å². The molecule has 4 aromatic rings. The van der Waals surface area contributed by atoms with E-state index < -0.39 is 0 Å². The van der Waals surface area contributed by atoms with Gasteiger partial charge in [-0.1, -0.05) is 48.5 Å². The fraction of sp³-hybridized carbons (Fsp3) is 0.125. The van der Waals surface area contributed by atoms with Crippen molar-refractivity contribution in [1.29, 1.82) is 0 Å². The lowest BCUT2D eigenvalue weighted by Gasteiger charge is -2.25. The Hall–Kier alpha value is -2.22. The Morgan fingerprint density at radius 3 is 2.48 bits per heavy atom. The maximum atomic E-state index is 4.19. The van der Waals surface area contributed by atoms with Gasteiger partial charge in [-0.2, -0.15) is 0 Å².